The molecule has 0 atom stereocenters. The fraction of sp³-hybridized carbons (Fsp3) is 0.200. The number of alkyl halides is 1. The van der Waals surface area contributed by atoms with E-state index in [9.17, 15) is 9.59 Å². The number of benzene rings is 1. The zero-order valence-electron chi connectivity index (χ0n) is 8.03. The molecule has 0 radical (unpaired) electrons. The number of methoxy groups -OCH3 is 1. The van der Waals surface area contributed by atoms with Crippen LogP contribution in [0.15, 0.2) is 24.3 Å². The van der Waals surface area contributed by atoms with Gasteiger partial charge in [-0.1, -0.05) is 0 Å². The van der Waals surface area contributed by atoms with Crippen molar-refractivity contribution in [3.8, 4) is 5.75 Å². The summed E-state index contributed by atoms with van der Waals surface area (Å²) in [5.41, 5.74) is 0.392. The van der Waals surface area contributed by atoms with E-state index in [1.54, 1.807) is 0 Å². The van der Waals surface area contributed by atoms with Gasteiger partial charge in [0.15, 0.2) is 0 Å². The predicted molar refractivity (Wildman–Crippen MR) is 54.1 cm³/mol. The van der Waals surface area contributed by atoms with Crippen LogP contribution in [-0.2, 0) is 9.53 Å². The molecule has 0 fully saturated rings. The summed E-state index contributed by atoms with van der Waals surface area (Å²) >= 11 is 5.26. The Balaban J connectivity index is 2.72. The average molecular weight is 229 g/mol. The molecule has 1 aromatic carbocycles. The second-order valence-corrected chi connectivity index (χ2v) is 2.89. The van der Waals surface area contributed by atoms with Gasteiger partial charge < -0.3 is 9.47 Å². The van der Waals surface area contributed by atoms with Crippen molar-refractivity contribution in [1.29, 1.82) is 0 Å². The summed E-state index contributed by atoms with van der Waals surface area (Å²) in [5, 5.41) is 0. The third kappa shape index (κ3) is 3.25. The van der Waals surface area contributed by atoms with Crippen molar-refractivity contribution >= 4 is 23.5 Å². The number of rotatable bonds is 3. The van der Waals surface area contributed by atoms with Crippen LogP contribution >= 0.6 is 11.6 Å². The first-order valence-corrected chi connectivity index (χ1v) is 4.66. The monoisotopic (exact) mass is 228 g/mol. The van der Waals surface area contributed by atoms with E-state index in [-0.39, 0.29) is 5.88 Å². The molecule has 0 unspecified atom stereocenters. The van der Waals surface area contributed by atoms with Gasteiger partial charge in [-0.3, -0.25) is 4.79 Å². The third-order valence-electron chi connectivity index (χ3n) is 1.62. The molecule has 0 bridgehead atoms. The molecule has 80 valence electrons. The maximum atomic E-state index is 11.1. The van der Waals surface area contributed by atoms with Crippen LogP contribution in [0.3, 0.4) is 0 Å². The summed E-state index contributed by atoms with van der Waals surface area (Å²) in [6, 6.07) is 6.00. The van der Waals surface area contributed by atoms with Crippen LogP contribution < -0.4 is 4.74 Å². The molecule has 5 heteroatoms. The van der Waals surface area contributed by atoms with Gasteiger partial charge in [-0.2, -0.15) is 0 Å². The molecule has 1 aromatic rings. The van der Waals surface area contributed by atoms with Crippen molar-refractivity contribution < 1.29 is 19.1 Å². The Morgan fingerprint density at radius 3 is 2.33 bits per heavy atom. The fourth-order valence-corrected chi connectivity index (χ4v) is 0.990. The molecule has 0 aliphatic rings. The Bertz CT molecular complexity index is 358. The second-order valence-electron chi connectivity index (χ2n) is 2.62. The zero-order valence-corrected chi connectivity index (χ0v) is 8.78. The second kappa shape index (κ2) is 5.36. The first-order valence-electron chi connectivity index (χ1n) is 4.12. The molecule has 0 saturated carbocycles. The van der Waals surface area contributed by atoms with Gasteiger partial charge in [0.1, 0.15) is 11.6 Å². The van der Waals surface area contributed by atoms with Gasteiger partial charge >= 0.3 is 11.9 Å². The maximum absolute atomic E-state index is 11.1. The van der Waals surface area contributed by atoms with E-state index in [1.165, 1.54) is 31.4 Å². The highest BCUT2D eigenvalue weighted by Crippen LogP contribution is 2.13. The highest BCUT2D eigenvalue weighted by Gasteiger charge is 2.06. The van der Waals surface area contributed by atoms with Gasteiger partial charge in [0.25, 0.3) is 0 Å². The minimum Gasteiger partial charge on any atom is -0.465 e. The summed E-state index contributed by atoms with van der Waals surface area (Å²) in [5.74, 6) is -0.848. The van der Waals surface area contributed by atoms with Crippen LogP contribution in [-0.4, -0.2) is 24.9 Å². The molecule has 0 aliphatic carbocycles. The van der Waals surface area contributed by atoms with Crippen LogP contribution in [0, 0.1) is 0 Å². The quantitative estimate of drug-likeness (QED) is 0.448. The van der Waals surface area contributed by atoms with E-state index in [0.717, 1.165) is 0 Å². The average Bonchev–Trinajstić information content (AvgIpc) is 2.29. The number of esters is 2. The van der Waals surface area contributed by atoms with Gasteiger partial charge in [0, 0.05) is 0 Å². The van der Waals surface area contributed by atoms with Crippen molar-refractivity contribution in [1.82, 2.24) is 0 Å². The highest BCUT2D eigenvalue weighted by atomic mass is 35.5. The Morgan fingerprint density at radius 2 is 1.87 bits per heavy atom. The summed E-state index contributed by atoms with van der Waals surface area (Å²) in [6.45, 7) is 0. The minimum absolute atomic E-state index is 0.210. The van der Waals surface area contributed by atoms with Crippen molar-refractivity contribution in [2.75, 3.05) is 13.0 Å². The number of carbonyl (C=O) groups is 2. The number of hydrogen-bond donors (Lipinski definition) is 0. The lowest BCUT2D eigenvalue weighted by Crippen LogP contribution is -2.09. The predicted octanol–water partition coefficient (Wildman–Crippen LogP) is 1.62. The lowest BCUT2D eigenvalue weighted by atomic mass is 10.2. The van der Waals surface area contributed by atoms with E-state index >= 15 is 0 Å². The Kier molecular flexibility index (Phi) is 4.12. The van der Waals surface area contributed by atoms with Gasteiger partial charge in [-0.25, -0.2) is 4.79 Å². The van der Waals surface area contributed by atoms with Crippen molar-refractivity contribution in [2.45, 2.75) is 0 Å². The Hall–Kier alpha value is -1.55. The summed E-state index contributed by atoms with van der Waals surface area (Å²) in [4.78, 5) is 21.9. The van der Waals surface area contributed by atoms with Crippen molar-refractivity contribution in [3.63, 3.8) is 0 Å². The molecule has 0 saturated heterocycles. The number of carbonyl (C=O) groups excluding carboxylic acids is 2. The van der Waals surface area contributed by atoms with Crippen molar-refractivity contribution in [3.05, 3.63) is 29.8 Å². The fourth-order valence-electron chi connectivity index (χ4n) is 0.936. The van der Waals surface area contributed by atoms with Crippen LogP contribution in [0.2, 0.25) is 0 Å². The first-order chi connectivity index (χ1) is 7.17. The minimum atomic E-state index is -0.539. The van der Waals surface area contributed by atoms with Gasteiger partial charge in [-0.05, 0) is 24.3 Å². The SMILES string of the molecule is COC(=O)c1ccc(OC(=O)CCl)cc1. The van der Waals surface area contributed by atoms with Gasteiger partial charge in [0.05, 0.1) is 12.7 Å². The number of halogens is 1. The Morgan fingerprint density at radius 1 is 1.27 bits per heavy atom. The molecule has 0 amide bonds. The normalized spacial score (nSPS) is 9.47. The smallest absolute Gasteiger partial charge is 0.337 e. The zero-order chi connectivity index (χ0) is 11.3. The van der Waals surface area contributed by atoms with Gasteiger partial charge in [-0.15, -0.1) is 11.6 Å². The molecule has 0 N–H and O–H groups in total. The standard InChI is InChI=1S/C10H9ClO4/c1-14-10(13)7-2-4-8(5-3-7)15-9(12)6-11/h2-5H,6H2,1H3. The summed E-state index contributed by atoms with van der Waals surface area (Å²) < 4.78 is 9.32. The molecule has 0 aliphatic heterocycles. The molecule has 15 heavy (non-hydrogen) atoms. The third-order valence-corrected chi connectivity index (χ3v) is 1.83. The topological polar surface area (TPSA) is 52.6 Å². The number of hydrogen-bond acceptors (Lipinski definition) is 4. The largest absolute Gasteiger partial charge is 0.465 e. The molecule has 4 nitrogen and oxygen atoms in total. The van der Waals surface area contributed by atoms with Crippen LogP contribution in [0.5, 0.6) is 5.75 Å². The maximum Gasteiger partial charge on any atom is 0.337 e. The van der Waals surface area contributed by atoms with Crippen LogP contribution in [0.4, 0.5) is 0 Å². The van der Waals surface area contributed by atoms with Gasteiger partial charge in [0.2, 0.25) is 0 Å². The van der Waals surface area contributed by atoms with Crippen molar-refractivity contribution in [2.24, 2.45) is 0 Å². The summed E-state index contributed by atoms with van der Waals surface area (Å²) in [7, 11) is 1.30. The van der Waals surface area contributed by atoms with E-state index < -0.39 is 11.9 Å². The molecular formula is C10H9ClO4. The molecule has 0 aromatic heterocycles. The molecule has 0 spiro atoms. The Labute approximate surface area is 91.7 Å². The lowest BCUT2D eigenvalue weighted by molar-refractivity contribution is -0.131. The number of ether oxygens (including phenoxy) is 2. The van der Waals surface area contributed by atoms with E-state index in [1.807, 2.05) is 0 Å². The highest BCUT2D eigenvalue weighted by molar-refractivity contribution is 6.26. The van der Waals surface area contributed by atoms with E-state index in [0.29, 0.717) is 11.3 Å². The first kappa shape index (κ1) is 11.5. The van der Waals surface area contributed by atoms with Crippen LogP contribution in [0.25, 0.3) is 0 Å². The summed E-state index contributed by atoms with van der Waals surface area (Å²) in [6.07, 6.45) is 0. The van der Waals surface area contributed by atoms with E-state index in [2.05, 4.69) is 4.74 Å². The van der Waals surface area contributed by atoms with E-state index in [4.69, 9.17) is 16.3 Å². The lowest BCUT2D eigenvalue weighted by Gasteiger charge is -2.02. The molecule has 0 heterocycles. The molecule has 1 rings (SSSR count). The molecular weight excluding hydrogens is 220 g/mol. The van der Waals surface area contributed by atoms with Crippen LogP contribution in [0.1, 0.15) is 10.4 Å².